The summed E-state index contributed by atoms with van der Waals surface area (Å²) in [7, 11) is -1.05. The highest BCUT2D eigenvalue weighted by Crippen LogP contribution is 2.27. The number of hydrogen-bond acceptors (Lipinski definition) is 5. The molecule has 1 aromatic rings. The second-order valence-electron chi connectivity index (χ2n) is 3.93. The molecule has 0 saturated heterocycles. The maximum Gasteiger partial charge on any atom is 0.244 e. The van der Waals surface area contributed by atoms with E-state index in [0.717, 1.165) is 0 Å². The molecule has 0 aliphatic heterocycles. The van der Waals surface area contributed by atoms with Gasteiger partial charge in [0.2, 0.25) is 15.9 Å². The third kappa shape index (κ3) is 4.76. The number of rotatable bonds is 8. The number of methoxy groups -OCH3 is 2. The van der Waals surface area contributed by atoms with Crippen molar-refractivity contribution in [3.05, 3.63) is 30.9 Å². The van der Waals surface area contributed by atoms with E-state index < -0.39 is 15.9 Å². The van der Waals surface area contributed by atoms with E-state index in [4.69, 9.17) is 9.47 Å². The van der Waals surface area contributed by atoms with Crippen molar-refractivity contribution in [3.8, 4) is 11.5 Å². The van der Waals surface area contributed by atoms with Crippen LogP contribution in [-0.2, 0) is 14.8 Å². The molecular weight excluding hydrogens is 296 g/mol. The highest BCUT2D eigenvalue weighted by molar-refractivity contribution is 7.89. The monoisotopic (exact) mass is 314 g/mol. The van der Waals surface area contributed by atoms with E-state index in [1.165, 1.54) is 38.5 Å². The Hall–Kier alpha value is -2.06. The molecule has 0 bridgehead atoms. The van der Waals surface area contributed by atoms with Crippen LogP contribution < -0.4 is 19.5 Å². The van der Waals surface area contributed by atoms with Crippen LogP contribution >= 0.6 is 0 Å². The summed E-state index contributed by atoms with van der Waals surface area (Å²) in [5.74, 6) is 0.147. The zero-order chi connectivity index (χ0) is 15.9. The van der Waals surface area contributed by atoms with Gasteiger partial charge in [0, 0.05) is 12.6 Å². The van der Waals surface area contributed by atoms with Gasteiger partial charge in [0.1, 0.15) is 16.4 Å². The quantitative estimate of drug-likeness (QED) is 0.672. The van der Waals surface area contributed by atoms with Crippen molar-refractivity contribution >= 4 is 15.9 Å². The van der Waals surface area contributed by atoms with Crippen molar-refractivity contribution in [1.29, 1.82) is 0 Å². The number of nitrogens with one attached hydrogen (secondary N) is 2. The third-order valence-electron chi connectivity index (χ3n) is 2.53. The molecule has 2 N–H and O–H groups in total. The van der Waals surface area contributed by atoms with Gasteiger partial charge in [-0.15, -0.1) is 6.58 Å². The Balaban J connectivity index is 2.87. The summed E-state index contributed by atoms with van der Waals surface area (Å²) in [6.45, 7) is 3.35. The standard InChI is InChI=1S/C13H18N2O5S/c1-4-7-14-13(16)9-15-21(17,18)12-6-5-10(19-2)8-11(12)20-3/h4-6,8,15H,1,7,9H2,2-3H3,(H,14,16). The Bertz CT molecular complexity index is 613. The van der Waals surface area contributed by atoms with E-state index >= 15 is 0 Å². The number of carbonyl (C=O) groups excluding carboxylic acids is 1. The lowest BCUT2D eigenvalue weighted by atomic mass is 10.3. The van der Waals surface area contributed by atoms with E-state index in [-0.39, 0.29) is 23.7 Å². The first-order valence-corrected chi connectivity index (χ1v) is 7.52. The number of amides is 1. The van der Waals surface area contributed by atoms with Crippen LogP contribution in [0.25, 0.3) is 0 Å². The van der Waals surface area contributed by atoms with Crippen LogP contribution in [0.5, 0.6) is 11.5 Å². The third-order valence-corrected chi connectivity index (χ3v) is 3.97. The van der Waals surface area contributed by atoms with E-state index in [9.17, 15) is 13.2 Å². The lowest BCUT2D eigenvalue weighted by molar-refractivity contribution is -0.119. The second-order valence-corrected chi connectivity index (χ2v) is 5.67. The van der Waals surface area contributed by atoms with Crippen LogP contribution in [0.4, 0.5) is 0 Å². The average molecular weight is 314 g/mol. The molecule has 21 heavy (non-hydrogen) atoms. The summed E-state index contributed by atoms with van der Waals surface area (Å²) in [6, 6.07) is 4.29. The van der Waals surface area contributed by atoms with Gasteiger partial charge in [-0.1, -0.05) is 6.08 Å². The SMILES string of the molecule is C=CCNC(=O)CNS(=O)(=O)c1ccc(OC)cc1OC. The lowest BCUT2D eigenvalue weighted by Gasteiger charge is -2.11. The van der Waals surface area contributed by atoms with Gasteiger partial charge in [-0.2, -0.15) is 0 Å². The number of hydrogen-bond donors (Lipinski definition) is 2. The number of ether oxygens (including phenoxy) is 2. The van der Waals surface area contributed by atoms with Gasteiger partial charge in [0.05, 0.1) is 20.8 Å². The maximum atomic E-state index is 12.2. The predicted octanol–water partition coefficient (Wildman–Crippen LogP) is 0.284. The lowest BCUT2D eigenvalue weighted by Crippen LogP contribution is -2.37. The van der Waals surface area contributed by atoms with Crippen molar-refractivity contribution in [2.75, 3.05) is 27.3 Å². The molecule has 1 aromatic carbocycles. The van der Waals surface area contributed by atoms with Crippen LogP contribution in [0.2, 0.25) is 0 Å². The molecule has 8 heteroatoms. The number of sulfonamides is 1. The largest absolute Gasteiger partial charge is 0.497 e. The molecule has 0 aromatic heterocycles. The molecule has 116 valence electrons. The normalized spacial score (nSPS) is 10.8. The van der Waals surface area contributed by atoms with E-state index in [1.54, 1.807) is 0 Å². The minimum atomic E-state index is -3.87. The van der Waals surface area contributed by atoms with Crippen molar-refractivity contribution in [3.63, 3.8) is 0 Å². The van der Waals surface area contributed by atoms with Gasteiger partial charge in [0.25, 0.3) is 0 Å². The van der Waals surface area contributed by atoms with Crippen LogP contribution in [0.1, 0.15) is 0 Å². The highest BCUT2D eigenvalue weighted by Gasteiger charge is 2.20. The second kappa shape index (κ2) is 7.65. The summed E-state index contributed by atoms with van der Waals surface area (Å²) in [6.07, 6.45) is 1.50. The first kappa shape index (κ1) is 17.0. The average Bonchev–Trinajstić information content (AvgIpc) is 2.50. The Morgan fingerprint density at radius 1 is 1.33 bits per heavy atom. The number of carbonyl (C=O) groups is 1. The molecular formula is C13H18N2O5S. The Morgan fingerprint density at radius 2 is 2.05 bits per heavy atom. The molecule has 1 amide bonds. The molecule has 0 aliphatic rings. The minimum absolute atomic E-state index is 0.0673. The molecule has 1 rings (SSSR count). The van der Waals surface area contributed by atoms with Crippen molar-refractivity contribution in [2.24, 2.45) is 0 Å². The van der Waals surface area contributed by atoms with Gasteiger partial charge in [-0.25, -0.2) is 13.1 Å². The minimum Gasteiger partial charge on any atom is -0.497 e. The van der Waals surface area contributed by atoms with Crippen LogP contribution in [-0.4, -0.2) is 41.6 Å². The molecule has 0 fully saturated rings. The van der Waals surface area contributed by atoms with Crippen molar-refractivity contribution < 1.29 is 22.7 Å². The number of benzene rings is 1. The van der Waals surface area contributed by atoms with Gasteiger partial charge in [-0.05, 0) is 12.1 Å². The van der Waals surface area contributed by atoms with Gasteiger partial charge >= 0.3 is 0 Å². The summed E-state index contributed by atoms with van der Waals surface area (Å²) in [5, 5.41) is 2.47. The summed E-state index contributed by atoms with van der Waals surface area (Å²) in [5.41, 5.74) is 0. The summed E-state index contributed by atoms with van der Waals surface area (Å²) in [4.78, 5) is 11.3. The fourth-order valence-electron chi connectivity index (χ4n) is 1.48. The first-order chi connectivity index (χ1) is 9.94. The zero-order valence-corrected chi connectivity index (χ0v) is 12.7. The smallest absolute Gasteiger partial charge is 0.244 e. The topological polar surface area (TPSA) is 93.7 Å². The fourth-order valence-corrected chi connectivity index (χ4v) is 2.61. The van der Waals surface area contributed by atoms with Gasteiger partial charge in [0.15, 0.2) is 0 Å². The maximum absolute atomic E-state index is 12.2. The predicted molar refractivity (Wildman–Crippen MR) is 77.9 cm³/mol. The van der Waals surface area contributed by atoms with Crippen LogP contribution in [0, 0.1) is 0 Å². The highest BCUT2D eigenvalue weighted by atomic mass is 32.2. The van der Waals surface area contributed by atoms with Crippen LogP contribution in [0.3, 0.4) is 0 Å². The van der Waals surface area contributed by atoms with Crippen molar-refractivity contribution in [2.45, 2.75) is 4.90 Å². The van der Waals surface area contributed by atoms with E-state index in [0.29, 0.717) is 5.75 Å². The fraction of sp³-hybridized carbons (Fsp3) is 0.308. The molecule has 0 aliphatic carbocycles. The van der Waals surface area contributed by atoms with E-state index in [2.05, 4.69) is 16.6 Å². The molecule has 0 radical (unpaired) electrons. The molecule has 0 spiro atoms. The van der Waals surface area contributed by atoms with Gasteiger partial charge in [-0.3, -0.25) is 4.79 Å². The molecule has 0 atom stereocenters. The molecule has 7 nitrogen and oxygen atoms in total. The Kier molecular flexibility index (Phi) is 6.19. The zero-order valence-electron chi connectivity index (χ0n) is 11.9. The Morgan fingerprint density at radius 3 is 2.62 bits per heavy atom. The van der Waals surface area contributed by atoms with E-state index in [1.807, 2.05) is 0 Å². The van der Waals surface area contributed by atoms with Crippen molar-refractivity contribution in [1.82, 2.24) is 10.0 Å². The Labute approximate surface area is 124 Å². The molecule has 0 heterocycles. The summed E-state index contributed by atoms with van der Waals surface area (Å²) >= 11 is 0. The first-order valence-electron chi connectivity index (χ1n) is 6.04. The molecule has 0 unspecified atom stereocenters. The molecule has 0 saturated carbocycles. The van der Waals surface area contributed by atoms with Gasteiger partial charge < -0.3 is 14.8 Å². The van der Waals surface area contributed by atoms with Crippen LogP contribution in [0.15, 0.2) is 35.7 Å². The summed E-state index contributed by atoms with van der Waals surface area (Å²) < 4.78 is 36.5.